The van der Waals surface area contributed by atoms with Crippen molar-refractivity contribution in [3.05, 3.63) is 300 Å². The first kappa shape index (κ1) is 66.1. The van der Waals surface area contributed by atoms with Gasteiger partial charge >= 0.3 is 0 Å². The Kier molecular flexibility index (Phi) is 16.6. The number of carbonyl (C=O) groups is 4. The molecule has 0 saturated heterocycles. The Balaban J connectivity index is 1.11. The van der Waals surface area contributed by atoms with Crippen LogP contribution in [0.4, 0.5) is 11.4 Å². The number of amides is 4. The number of hydrogen-bond donors (Lipinski definition) is 0. The fraction of sp³-hybridized carbons (Fsp3) is 0.130. The van der Waals surface area contributed by atoms with E-state index >= 15 is 19.2 Å². The van der Waals surface area contributed by atoms with Gasteiger partial charge in [0.2, 0.25) is 0 Å². The molecule has 0 bridgehead atoms. The van der Waals surface area contributed by atoms with Gasteiger partial charge in [-0.1, -0.05) is 165 Å². The lowest BCUT2D eigenvalue weighted by molar-refractivity contribution is 0.0877. The zero-order valence-electron chi connectivity index (χ0n) is 59.5. The van der Waals surface area contributed by atoms with Crippen molar-refractivity contribution in [2.24, 2.45) is 0 Å². The molecule has 17 rings (SSSR count). The molecule has 0 atom stereocenters. The standard InChI is InChI=1S/C92H70N6O8/c1-51(2)55-31-25-32-56(52(3)4)87(55)97-89(99)63-47-75(103-71-39-13-9-27-59(71)67-35-17-21-43-93-67)81-83-77(105-73-41-15-11-29-61(73)69-37-19-23-45-95-69)49-65-80-66(92(102)98(91(65)101)88-57(53(5)6)33-26-34-58(88)54(7)8)50-78(106-74-42-16-12-30-62(74)70-38-20-24-46-96-70)84(86(80)83)82-76(48-64(90(97)100)79(63)85(81)82)104-72-40-14-10-28-60(72)68-36-18-22-44-94-68/h9-54H,1-8H3. The van der Waals surface area contributed by atoms with Crippen molar-refractivity contribution in [2.75, 3.05) is 9.80 Å². The number of carbonyl (C=O) groups excluding carboxylic acids is 4. The van der Waals surface area contributed by atoms with Crippen molar-refractivity contribution in [1.82, 2.24) is 19.9 Å². The predicted octanol–water partition coefficient (Wildman–Crippen LogP) is 23.2. The van der Waals surface area contributed by atoms with Gasteiger partial charge in [-0.15, -0.1) is 0 Å². The normalized spacial score (nSPS) is 12.9. The van der Waals surface area contributed by atoms with Gasteiger partial charge in [-0.2, -0.15) is 0 Å². The summed E-state index contributed by atoms with van der Waals surface area (Å²) in [7, 11) is 0. The van der Waals surface area contributed by atoms with Crippen molar-refractivity contribution in [2.45, 2.75) is 79.1 Å². The van der Waals surface area contributed by atoms with Gasteiger partial charge in [0.05, 0.1) is 56.4 Å². The second kappa shape index (κ2) is 26.6. The minimum atomic E-state index is -0.599. The summed E-state index contributed by atoms with van der Waals surface area (Å²) < 4.78 is 30.8. The predicted molar refractivity (Wildman–Crippen MR) is 418 cm³/mol. The summed E-state index contributed by atoms with van der Waals surface area (Å²) in [4.78, 5) is 89.6. The zero-order valence-corrected chi connectivity index (χ0v) is 59.5. The molecule has 0 aliphatic carbocycles. The molecule has 11 aromatic carbocycles. The minimum Gasteiger partial charge on any atom is -0.456 e. The summed E-state index contributed by atoms with van der Waals surface area (Å²) in [6.07, 6.45) is 6.87. The van der Waals surface area contributed by atoms with Gasteiger partial charge in [0.15, 0.2) is 0 Å². The maximum absolute atomic E-state index is 16.9. The van der Waals surface area contributed by atoms with Gasteiger partial charge in [-0.3, -0.25) is 39.1 Å². The molecule has 516 valence electrons. The van der Waals surface area contributed by atoms with E-state index in [2.05, 4.69) is 55.4 Å². The minimum absolute atomic E-state index is 0.135. The fourth-order valence-electron chi connectivity index (χ4n) is 15.4. The number of aromatic nitrogens is 4. The molecule has 2 aliphatic rings. The number of para-hydroxylation sites is 6. The number of imide groups is 2. The summed E-state index contributed by atoms with van der Waals surface area (Å²) in [6.45, 7) is 16.4. The summed E-state index contributed by atoms with van der Waals surface area (Å²) >= 11 is 0. The van der Waals surface area contributed by atoms with Gasteiger partial charge in [-0.25, -0.2) is 9.80 Å². The third-order valence-electron chi connectivity index (χ3n) is 20.2. The maximum Gasteiger partial charge on any atom is 0.266 e. The fourth-order valence-corrected chi connectivity index (χ4v) is 15.4. The molecular formula is C92H70N6O8. The SMILES string of the molecule is CC(C)c1cccc(C(C)C)c1N1C(=O)c2cc(Oc3ccccc3-c3ccccn3)c3c4c(Oc5ccccc5-c5ccccn5)cc5c6c(cc(Oc7ccccc7-c7ccccn7)c(c7c(Oc8ccccc8-c8ccccn8)cc(c2c37)C1=O)c64)C(=O)N(c1c(C(C)C)cccc1C(C)C)C5=O. The van der Waals surface area contributed by atoms with Crippen molar-refractivity contribution in [3.63, 3.8) is 0 Å². The molecular weight excluding hydrogens is 1320 g/mol. The summed E-state index contributed by atoms with van der Waals surface area (Å²) in [5.41, 5.74) is 9.64. The first-order chi connectivity index (χ1) is 51.6. The van der Waals surface area contributed by atoms with Crippen molar-refractivity contribution < 1.29 is 38.1 Å². The molecule has 0 unspecified atom stereocenters. The number of anilines is 2. The Bertz CT molecular complexity index is 5360. The van der Waals surface area contributed by atoms with Crippen LogP contribution in [0.3, 0.4) is 0 Å². The molecule has 0 fully saturated rings. The lowest BCUT2D eigenvalue weighted by Crippen LogP contribution is -2.42. The average molecular weight is 1390 g/mol. The monoisotopic (exact) mass is 1390 g/mol. The van der Waals surface area contributed by atoms with Crippen LogP contribution in [0.15, 0.2) is 255 Å². The number of fused-ring (bicyclic) bond motifs is 2. The van der Waals surface area contributed by atoms with Gasteiger partial charge in [0.1, 0.15) is 46.0 Å². The van der Waals surface area contributed by atoms with E-state index in [0.29, 0.717) is 112 Å². The van der Waals surface area contributed by atoms with E-state index in [-0.39, 0.29) is 79.7 Å². The third-order valence-corrected chi connectivity index (χ3v) is 20.2. The Morgan fingerprint density at radius 1 is 0.236 bits per heavy atom. The topological polar surface area (TPSA) is 163 Å². The first-order valence-corrected chi connectivity index (χ1v) is 35.8. The molecule has 14 nitrogen and oxygen atoms in total. The lowest BCUT2D eigenvalue weighted by atomic mass is 9.80. The molecule has 0 N–H and O–H groups in total. The first-order valence-electron chi connectivity index (χ1n) is 35.8. The number of nitrogens with zero attached hydrogens (tertiary/aromatic N) is 6. The van der Waals surface area contributed by atoms with Crippen LogP contribution < -0.4 is 28.7 Å². The van der Waals surface area contributed by atoms with Crippen LogP contribution in [0.5, 0.6) is 46.0 Å². The second-order valence-electron chi connectivity index (χ2n) is 28.0. The Morgan fingerprint density at radius 2 is 0.462 bits per heavy atom. The van der Waals surface area contributed by atoms with Crippen molar-refractivity contribution in [1.29, 1.82) is 0 Å². The van der Waals surface area contributed by atoms with Crippen LogP contribution in [0, 0.1) is 0 Å². The van der Waals surface area contributed by atoms with Crippen LogP contribution in [-0.2, 0) is 0 Å². The molecule has 14 heteroatoms. The maximum atomic E-state index is 16.9. The number of benzene rings is 11. The highest BCUT2D eigenvalue weighted by Gasteiger charge is 2.45. The highest BCUT2D eigenvalue weighted by Crippen LogP contribution is 2.60. The third kappa shape index (κ3) is 10.9. The van der Waals surface area contributed by atoms with E-state index in [1.807, 2.05) is 206 Å². The van der Waals surface area contributed by atoms with E-state index < -0.39 is 23.6 Å². The van der Waals surface area contributed by atoms with Crippen LogP contribution in [0.2, 0.25) is 0 Å². The molecule has 15 aromatic rings. The Hall–Kier alpha value is -13.2. The smallest absolute Gasteiger partial charge is 0.266 e. The second-order valence-corrected chi connectivity index (χ2v) is 28.0. The molecule has 4 amide bonds. The molecule has 0 radical (unpaired) electrons. The largest absolute Gasteiger partial charge is 0.456 e. The molecule has 0 spiro atoms. The molecule has 4 aromatic heterocycles. The Morgan fingerprint density at radius 3 is 0.679 bits per heavy atom. The zero-order chi connectivity index (χ0) is 72.8. The molecule has 0 saturated carbocycles. The summed E-state index contributed by atoms with van der Waals surface area (Å²) in [5.74, 6) is -0.894. The summed E-state index contributed by atoms with van der Waals surface area (Å²) in [5, 5.41) is 2.60. The molecule has 2 aliphatic heterocycles. The van der Waals surface area contributed by atoms with E-state index in [4.69, 9.17) is 38.9 Å². The van der Waals surface area contributed by atoms with Crippen LogP contribution in [0.25, 0.3) is 88.1 Å². The van der Waals surface area contributed by atoms with Gasteiger partial charge < -0.3 is 18.9 Å². The molecule has 6 heterocycles. The highest BCUT2D eigenvalue weighted by molar-refractivity contribution is 6.48. The highest BCUT2D eigenvalue weighted by atomic mass is 16.5. The van der Waals surface area contributed by atoms with E-state index in [1.54, 1.807) is 49.1 Å². The average Bonchev–Trinajstić information content (AvgIpc) is 0.669. The number of hydrogen-bond acceptors (Lipinski definition) is 12. The van der Waals surface area contributed by atoms with E-state index in [0.717, 1.165) is 22.3 Å². The Labute approximate surface area is 612 Å². The molecule has 106 heavy (non-hydrogen) atoms. The van der Waals surface area contributed by atoms with Crippen molar-refractivity contribution in [3.8, 4) is 91.0 Å². The lowest BCUT2D eigenvalue weighted by Gasteiger charge is -2.35. The van der Waals surface area contributed by atoms with E-state index in [1.165, 1.54) is 9.80 Å². The van der Waals surface area contributed by atoms with Crippen molar-refractivity contribution >= 4 is 78.1 Å². The quantitative estimate of drug-likeness (QED) is 0.0454. The number of ether oxygens (including phenoxy) is 4. The van der Waals surface area contributed by atoms with Crippen LogP contribution >= 0.6 is 0 Å². The van der Waals surface area contributed by atoms with Gasteiger partial charge in [-0.05, 0) is 167 Å². The van der Waals surface area contributed by atoms with Crippen LogP contribution in [-0.4, -0.2) is 43.6 Å². The number of rotatable bonds is 18. The van der Waals surface area contributed by atoms with E-state index in [9.17, 15) is 0 Å². The van der Waals surface area contributed by atoms with Gasteiger partial charge in [0.25, 0.3) is 23.6 Å². The van der Waals surface area contributed by atoms with Crippen LogP contribution in [0.1, 0.15) is 143 Å². The number of pyridine rings is 4. The van der Waals surface area contributed by atoms with Gasteiger partial charge in [0, 0.05) is 90.1 Å². The summed E-state index contributed by atoms with van der Waals surface area (Å²) in [6, 6.07) is 71.6.